The monoisotopic (exact) mass is 260 g/mol. The van der Waals surface area contributed by atoms with E-state index in [-0.39, 0.29) is 12.8 Å². The molecule has 18 heavy (non-hydrogen) atoms. The number of aliphatic hydroxyl groups excluding tert-OH is 2. The zero-order chi connectivity index (χ0) is 14.7. The number of carbonyl (C=O) groups excluding carboxylic acids is 2. The number of aliphatic hydroxyl groups is 2. The van der Waals surface area contributed by atoms with E-state index in [1.807, 2.05) is 0 Å². The summed E-state index contributed by atoms with van der Waals surface area (Å²) in [6.45, 7) is 6.15. The smallest absolute Gasteiger partial charge is 0.0984 e. The molecule has 0 radical (unpaired) electrons. The molecule has 0 bridgehead atoms. The van der Waals surface area contributed by atoms with Crippen molar-refractivity contribution in [2.75, 3.05) is 0 Å². The van der Waals surface area contributed by atoms with Gasteiger partial charge in [-0.2, -0.15) is 0 Å². The van der Waals surface area contributed by atoms with Crippen LogP contribution >= 0.6 is 0 Å². The van der Waals surface area contributed by atoms with Crippen LogP contribution in [0.15, 0.2) is 0 Å². The number of aliphatic carboxylic acids is 2. The van der Waals surface area contributed by atoms with Crippen LogP contribution in [0.5, 0.6) is 0 Å². The summed E-state index contributed by atoms with van der Waals surface area (Å²) in [7, 11) is 0. The Morgan fingerprint density at radius 3 is 1.28 bits per heavy atom. The lowest BCUT2D eigenvalue weighted by Crippen LogP contribution is -2.47. The Morgan fingerprint density at radius 1 is 0.889 bits per heavy atom. The number of carboxylic acid groups (broad SMARTS) is 2. The van der Waals surface area contributed by atoms with Gasteiger partial charge in [0.1, 0.15) is 0 Å². The fourth-order valence-corrected chi connectivity index (χ4v) is 1.56. The van der Waals surface area contributed by atoms with Crippen molar-refractivity contribution < 1.29 is 30.0 Å². The first-order valence-electron chi connectivity index (χ1n) is 5.69. The number of rotatable bonds is 7. The molecule has 0 rings (SSSR count). The van der Waals surface area contributed by atoms with Gasteiger partial charge in [0.25, 0.3) is 0 Å². The van der Waals surface area contributed by atoms with Crippen molar-refractivity contribution in [1.29, 1.82) is 0 Å². The van der Waals surface area contributed by atoms with E-state index in [1.165, 1.54) is 27.7 Å². The largest absolute Gasteiger partial charge is 0.547 e. The highest BCUT2D eigenvalue weighted by atomic mass is 16.4. The topological polar surface area (TPSA) is 121 Å². The minimum Gasteiger partial charge on any atom is -0.547 e. The van der Waals surface area contributed by atoms with Gasteiger partial charge in [0.05, 0.1) is 24.1 Å². The Hall–Kier alpha value is -1.14. The van der Waals surface area contributed by atoms with Gasteiger partial charge in [-0.05, 0) is 23.7 Å². The van der Waals surface area contributed by atoms with Gasteiger partial charge in [0.2, 0.25) is 0 Å². The minimum absolute atomic E-state index is 0.222. The third kappa shape index (κ3) is 4.27. The molecule has 2 unspecified atom stereocenters. The summed E-state index contributed by atoms with van der Waals surface area (Å²) in [5.74, 6) is -3.14. The molecule has 0 aromatic carbocycles. The summed E-state index contributed by atoms with van der Waals surface area (Å²) in [6.07, 6.45) is -2.85. The minimum atomic E-state index is -1.65. The van der Waals surface area contributed by atoms with Crippen LogP contribution in [-0.2, 0) is 9.59 Å². The van der Waals surface area contributed by atoms with E-state index in [2.05, 4.69) is 0 Å². The van der Waals surface area contributed by atoms with Crippen LogP contribution in [0.2, 0.25) is 0 Å². The molecule has 0 heterocycles. The summed E-state index contributed by atoms with van der Waals surface area (Å²) in [5.41, 5.74) is -1.94. The van der Waals surface area contributed by atoms with Gasteiger partial charge in [-0.25, -0.2) is 0 Å². The highest BCUT2D eigenvalue weighted by molar-refractivity contribution is 5.71. The molecule has 0 aromatic heterocycles. The van der Waals surface area contributed by atoms with Crippen molar-refractivity contribution in [2.45, 2.75) is 52.7 Å². The lowest BCUT2D eigenvalue weighted by molar-refractivity contribution is -0.322. The van der Waals surface area contributed by atoms with Crippen molar-refractivity contribution in [1.82, 2.24) is 0 Å². The van der Waals surface area contributed by atoms with Crippen LogP contribution in [0.1, 0.15) is 40.5 Å². The number of carboxylic acids is 2. The predicted octanol–water partition coefficient (Wildman–Crippen LogP) is -1.96. The van der Waals surface area contributed by atoms with Crippen LogP contribution in [0.3, 0.4) is 0 Å². The summed E-state index contributed by atoms with van der Waals surface area (Å²) in [6, 6.07) is 0. The van der Waals surface area contributed by atoms with Crippen LogP contribution in [-0.4, -0.2) is 34.4 Å². The first-order valence-corrected chi connectivity index (χ1v) is 5.69. The van der Waals surface area contributed by atoms with E-state index in [0.29, 0.717) is 0 Å². The summed E-state index contributed by atoms with van der Waals surface area (Å²) in [4.78, 5) is 21.2. The summed E-state index contributed by atoms with van der Waals surface area (Å²) < 4.78 is 0. The zero-order valence-corrected chi connectivity index (χ0v) is 11.1. The van der Waals surface area contributed by atoms with Crippen LogP contribution < -0.4 is 10.2 Å². The SMILES string of the molecule is CC(C)(CCC(C)(C)C(O)C(=O)[O-])C(O)C(=O)[O-]. The molecule has 0 saturated heterocycles. The average molecular weight is 260 g/mol. The Bertz CT molecular complexity index is 289. The molecule has 0 amide bonds. The van der Waals surface area contributed by atoms with Crippen molar-refractivity contribution in [3.8, 4) is 0 Å². The van der Waals surface area contributed by atoms with Crippen LogP contribution in [0.4, 0.5) is 0 Å². The number of carbonyl (C=O) groups is 2. The molecule has 0 aliphatic heterocycles. The molecule has 0 spiro atoms. The molecule has 6 nitrogen and oxygen atoms in total. The van der Waals surface area contributed by atoms with Gasteiger partial charge in [-0.3, -0.25) is 0 Å². The Kier molecular flexibility index (Phi) is 5.31. The Balaban J connectivity index is 4.65. The second-order valence-corrected chi connectivity index (χ2v) is 5.92. The van der Waals surface area contributed by atoms with Gasteiger partial charge in [0, 0.05) is 0 Å². The van der Waals surface area contributed by atoms with Crippen molar-refractivity contribution in [2.24, 2.45) is 10.8 Å². The van der Waals surface area contributed by atoms with Gasteiger partial charge < -0.3 is 30.0 Å². The maximum absolute atomic E-state index is 10.6. The second kappa shape index (κ2) is 5.67. The number of hydrogen-bond donors (Lipinski definition) is 2. The lowest BCUT2D eigenvalue weighted by atomic mass is 9.74. The molecule has 6 heteroatoms. The van der Waals surface area contributed by atoms with Gasteiger partial charge in [0.15, 0.2) is 0 Å². The van der Waals surface area contributed by atoms with Crippen molar-refractivity contribution >= 4 is 11.9 Å². The molecule has 0 aromatic rings. The van der Waals surface area contributed by atoms with Crippen LogP contribution in [0.25, 0.3) is 0 Å². The highest BCUT2D eigenvalue weighted by Crippen LogP contribution is 2.35. The predicted molar refractivity (Wildman–Crippen MR) is 58.8 cm³/mol. The van der Waals surface area contributed by atoms with E-state index in [1.54, 1.807) is 0 Å². The summed E-state index contributed by atoms with van der Waals surface area (Å²) in [5, 5.41) is 40.1. The van der Waals surface area contributed by atoms with E-state index >= 15 is 0 Å². The quantitative estimate of drug-likeness (QED) is 0.548. The molecule has 2 N–H and O–H groups in total. The maximum atomic E-state index is 10.6. The zero-order valence-electron chi connectivity index (χ0n) is 11.1. The van der Waals surface area contributed by atoms with Gasteiger partial charge >= 0.3 is 0 Å². The Labute approximate surface area is 106 Å². The molecule has 0 fully saturated rings. The fourth-order valence-electron chi connectivity index (χ4n) is 1.56. The van der Waals surface area contributed by atoms with E-state index in [4.69, 9.17) is 0 Å². The third-order valence-corrected chi connectivity index (χ3v) is 3.34. The molecule has 2 atom stereocenters. The van der Waals surface area contributed by atoms with Crippen LogP contribution in [0, 0.1) is 10.8 Å². The highest BCUT2D eigenvalue weighted by Gasteiger charge is 2.34. The third-order valence-electron chi connectivity index (χ3n) is 3.34. The standard InChI is InChI=1S/C12H22O6/c1-11(2,7(13)9(15)16)5-6-12(3,4)8(14)10(17)18/h7-8,13-14H,5-6H2,1-4H3,(H,15,16)(H,17,18)/p-2. The normalized spacial score (nSPS) is 16.1. The molecule has 0 saturated carbocycles. The van der Waals surface area contributed by atoms with Crippen molar-refractivity contribution in [3.05, 3.63) is 0 Å². The molecule has 106 valence electrons. The van der Waals surface area contributed by atoms with E-state index in [9.17, 15) is 30.0 Å². The number of hydrogen-bond acceptors (Lipinski definition) is 6. The first-order chi connectivity index (χ1) is 7.92. The fraction of sp³-hybridized carbons (Fsp3) is 0.833. The molecular weight excluding hydrogens is 240 g/mol. The molecular formula is C12H20O6-2. The van der Waals surface area contributed by atoms with E-state index < -0.39 is 35.0 Å². The molecule has 0 aliphatic carbocycles. The lowest BCUT2D eigenvalue weighted by Gasteiger charge is -2.37. The Morgan fingerprint density at radius 2 is 1.11 bits per heavy atom. The van der Waals surface area contributed by atoms with Crippen molar-refractivity contribution in [3.63, 3.8) is 0 Å². The average Bonchev–Trinajstić information content (AvgIpc) is 2.24. The summed E-state index contributed by atoms with van der Waals surface area (Å²) >= 11 is 0. The second-order valence-electron chi connectivity index (χ2n) is 5.92. The van der Waals surface area contributed by atoms with E-state index in [0.717, 1.165) is 0 Å². The first kappa shape index (κ1) is 16.9. The van der Waals surface area contributed by atoms with Gasteiger partial charge in [-0.1, -0.05) is 27.7 Å². The van der Waals surface area contributed by atoms with Gasteiger partial charge in [-0.15, -0.1) is 0 Å². The molecule has 0 aliphatic rings. The maximum Gasteiger partial charge on any atom is 0.0984 e.